The van der Waals surface area contributed by atoms with Crippen LogP contribution in [0.15, 0.2) is 24.3 Å². The summed E-state index contributed by atoms with van der Waals surface area (Å²) in [6.45, 7) is 8.65. The highest BCUT2D eigenvalue weighted by Crippen LogP contribution is 2.12. The van der Waals surface area contributed by atoms with Crippen molar-refractivity contribution in [2.24, 2.45) is 11.8 Å². The molecular weight excluding hydrogens is 286 g/mol. The largest absolute Gasteiger partial charge is 0.385 e. The summed E-state index contributed by atoms with van der Waals surface area (Å²) in [4.78, 5) is 1.50. The molecule has 1 aromatic rings. The summed E-state index contributed by atoms with van der Waals surface area (Å²) in [5, 5.41) is 10.9. The molecule has 1 aliphatic heterocycles. The average molecular weight is 313 g/mol. The van der Waals surface area contributed by atoms with E-state index >= 15 is 0 Å². The third kappa shape index (κ3) is 5.95. The van der Waals surface area contributed by atoms with Gasteiger partial charge in [0, 0.05) is 16.9 Å². The van der Waals surface area contributed by atoms with Gasteiger partial charge in [0.15, 0.2) is 0 Å². The first-order valence-corrected chi connectivity index (χ1v) is 8.24. The van der Waals surface area contributed by atoms with Crippen molar-refractivity contribution < 1.29 is 14.7 Å². The highest BCUT2D eigenvalue weighted by atomic mass is 35.5. The van der Waals surface area contributed by atoms with Gasteiger partial charge in [-0.05, 0) is 24.1 Å². The van der Waals surface area contributed by atoms with Crippen molar-refractivity contribution in [3.05, 3.63) is 34.9 Å². The maximum atomic E-state index is 10.1. The van der Waals surface area contributed by atoms with Crippen molar-refractivity contribution in [2.75, 3.05) is 26.2 Å². The van der Waals surface area contributed by atoms with Gasteiger partial charge in [-0.3, -0.25) is 0 Å². The Kier molecular flexibility index (Phi) is 6.49. The van der Waals surface area contributed by atoms with Crippen LogP contribution in [0.5, 0.6) is 0 Å². The van der Waals surface area contributed by atoms with Crippen LogP contribution >= 0.6 is 11.6 Å². The Labute approximate surface area is 132 Å². The number of aliphatic hydroxyl groups excluding tert-OH is 1. The van der Waals surface area contributed by atoms with Crippen LogP contribution in [0.4, 0.5) is 0 Å². The summed E-state index contributed by atoms with van der Waals surface area (Å²) < 4.78 is 5.61. The summed E-state index contributed by atoms with van der Waals surface area (Å²) in [7, 11) is 0. The van der Waals surface area contributed by atoms with Crippen molar-refractivity contribution in [1.82, 2.24) is 0 Å². The van der Waals surface area contributed by atoms with Crippen LogP contribution < -0.4 is 4.90 Å². The van der Waals surface area contributed by atoms with Gasteiger partial charge in [0.1, 0.15) is 12.6 Å². The van der Waals surface area contributed by atoms with Crippen LogP contribution in [0.2, 0.25) is 5.02 Å². The molecule has 0 saturated carbocycles. The lowest BCUT2D eigenvalue weighted by Gasteiger charge is -2.33. The van der Waals surface area contributed by atoms with E-state index in [-0.39, 0.29) is 6.10 Å². The second-order valence-corrected chi connectivity index (χ2v) is 7.04. The maximum absolute atomic E-state index is 10.1. The average Bonchev–Trinajstić information content (AvgIpc) is 2.39. The minimum Gasteiger partial charge on any atom is -0.385 e. The van der Waals surface area contributed by atoms with Gasteiger partial charge in [0.2, 0.25) is 0 Å². The molecule has 0 unspecified atom stereocenters. The van der Waals surface area contributed by atoms with E-state index < -0.39 is 0 Å². The van der Waals surface area contributed by atoms with Crippen LogP contribution in [-0.4, -0.2) is 37.5 Å². The molecule has 3 atom stereocenters. The van der Waals surface area contributed by atoms with Crippen LogP contribution in [0.25, 0.3) is 0 Å². The van der Waals surface area contributed by atoms with Crippen LogP contribution in [-0.2, 0) is 11.3 Å². The molecular formula is C17H27ClNO2+. The molecule has 0 bridgehead atoms. The van der Waals surface area contributed by atoms with E-state index in [4.69, 9.17) is 16.3 Å². The van der Waals surface area contributed by atoms with Gasteiger partial charge in [0.05, 0.1) is 26.3 Å². The molecule has 118 valence electrons. The number of rotatable bonds is 6. The van der Waals surface area contributed by atoms with E-state index in [0.717, 1.165) is 29.0 Å². The third-order valence-corrected chi connectivity index (χ3v) is 4.35. The predicted octanol–water partition coefficient (Wildman–Crippen LogP) is 1.78. The van der Waals surface area contributed by atoms with Crippen molar-refractivity contribution in [1.29, 1.82) is 0 Å². The summed E-state index contributed by atoms with van der Waals surface area (Å²) in [6, 6.07) is 7.62. The van der Waals surface area contributed by atoms with Gasteiger partial charge in [-0.2, -0.15) is 0 Å². The summed E-state index contributed by atoms with van der Waals surface area (Å²) in [5.41, 5.74) is 1.08. The molecule has 21 heavy (non-hydrogen) atoms. The zero-order valence-corrected chi connectivity index (χ0v) is 13.8. The fourth-order valence-corrected chi connectivity index (χ4v) is 3.50. The minimum atomic E-state index is -0.384. The van der Waals surface area contributed by atoms with E-state index in [2.05, 4.69) is 13.8 Å². The molecule has 0 amide bonds. The number of likely N-dealkylation sites (tertiary alicyclic amines) is 1. The maximum Gasteiger partial charge on any atom is 0.126 e. The highest BCUT2D eigenvalue weighted by Gasteiger charge is 2.26. The number of hydrogen-bond donors (Lipinski definition) is 2. The number of benzene rings is 1. The monoisotopic (exact) mass is 312 g/mol. The molecule has 0 aromatic heterocycles. The highest BCUT2D eigenvalue weighted by molar-refractivity contribution is 6.30. The number of ether oxygens (including phenoxy) is 1. The Morgan fingerprint density at radius 1 is 1.24 bits per heavy atom. The third-order valence-electron chi connectivity index (χ3n) is 4.10. The SMILES string of the molecule is C[C@@H]1C[C@@H](C)C[NH+](C[C@H](O)COCc2ccc(Cl)cc2)C1. The predicted molar refractivity (Wildman–Crippen MR) is 85.6 cm³/mol. The van der Waals surface area contributed by atoms with E-state index in [1.165, 1.54) is 24.4 Å². The number of nitrogens with one attached hydrogen (secondary N) is 1. The molecule has 4 heteroatoms. The van der Waals surface area contributed by atoms with Crippen molar-refractivity contribution in [3.8, 4) is 0 Å². The topological polar surface area (TPSA) is 33.9 Å². The first-order valence-electron chi connectivity index (χ1n) is 7.86. The molecule has 2 rings (SSSR count). The zero-order valence-electron chi connectivity index (χ0n) is 13.0. The fraction of sp³-hybridized carbons (Fsp3) is 0.647. The van der Waals surface area contributed by atoms with Crippen LogP contribution in [0.1, 0.15) is 25.8 Å². The Morgan fingerprint density at radius 2 is 1.86 bits per heavy atom. The Bertz CT molecular complexity index is 413. The van der Waals surface area contributed by atoms with Crippen molar-refractivity contribution >= 4 is 11.6 Å². The molecule has 0 spiro atoms. The molecule has 1 aromatic carbocycles. The molecule has 1 heterocycles. The van der Waals surface area contributed by atoms with Gasteiger partial charge in [-0.25, -0.2) is 0 Å². The number of halogens is 1. The van der Waals surface area contributed by atoms with Crippen molar-refractivity contribution in [2.45, 2.75) is 33.0 Å². The second kappa shape index (κ2) is 8.14. The van der Waals surface area contributed by atoms with E-state index in [1.54, 1.807) is 0 Å². The van der Waals surface area contributed by atoms with Crippen molar-refractivity contribution in [3.63, 3.8) is 0 Å². The Hall–Kier alpha value is -0.610. The van der Waals surface area contributed by atoms with Gasteiger partial charge >= 0.3 is 0 Å². The van der Waals surface area contributed by atoms with E-state index in [9.17, 15) is 5.11 Å². The van der Waals surface area contributed by atoms with Crippen LogP contribution in [0, 0.1) is 11.8 Å². The zero-order chi connectivity index (χ0) is 15.2. The molecule has 0 radical (unpaired) electrons. The Morgan fingerprint density at radius 3 is 2.48 bits per heavy atom. The molecule has 2 N–H and O–H groups in total. The fourth-order valence-electron chi connectivity index (χ4n) is 3.37. The minimum absolute atomic E-state index is 0.384. The van der Waals surface area contributed by atoms with E-state index in [0.29, 0.717) is 13.2 Å². The normalized spacial score (nSPS) is 27.5. The van der Waals surface area contributed by atoms with E-state index in [1.807, 2.05) is 24.3 Å². The number of aliphatic hydroxyl groups is 1. The lowest BCUT2D eigenvalue weighted by molar-refractivity contribution is -0.915. The Balaban J connectivity index is 1.67. The number of hydrogen-bond acceptors (Lipinski definition) is 2. The molecule has 0 aliphatic carbocycles. The summed E-state index contributed by atoms with van der Waals surface area (Å²) in [5.74, 6) is 1.51. The molecule has 1 saturated heterocycles. The van der Waals surface area contributed by atoms with Gasteiger partial charge < -0.3 is 14.7 Å². The van der Waals surface area contributed by atoms with Crippen LogP contribution in [0.3, 0.4) is 0 Å². The smallest absolute Gasteiger partial charge is 0.126 e. The molecule has 1 aliphatic rings. The van der Waals surface area contributed by atoms with Gasteiger partial charge in [-0.15, -0.1) is 0 Å². The number of piperidine rings is 1. The van der Waals surface area contributed by atoms with Gasteiger partial charge in [0.25, 0.3) is 0 Å². The lowest BCUT2D eigenvalue weighted by atomic mass is 9.92. The van der Waals surface area contributed by atoms with Gasteiger partial charge in [-0.1, -0.05) is 37.6 Å². The quantitative estimate of drug-likeness (QED) is 0.839. The first kappa shape index (κ1) is 16.8. The number of quaternary nitrogens is 1. The second-order valence-electron chi connectivity index (χ2n) is 6.60. The molecule has 1 fully saturated rings. The summed E-state index contributed by atoms with van der Waals surface area (Å²) in [6.07, 6.45) is 0.928. The first-order chi connectivity index (χ1) is 10.0. The standard InChI is InChI=1S/C17H26ClNO2/c1-13-7-14(2)9-19(8-13)10-17(20)12-21-11-15-3-5-16(18)6-4-15/h3-6,13-14,17,20H,7-12H2,1-2H3/p+1/t13-,14-,17+/m1/s1. The molecule has 3 nitrogen and oxygen atoms in total. The lowest BCUT2D eigenvalue weighted by Crippen LogP contribution is -3.15. The summed E-state index contributed by atoms with van der Waals surface area (Å²) >= 11 is 5.84.